The van der Waals surface area contributed by atoms with Gasteiger partial charge in [0.15, 0.2) is 0 Å². The van der Waals surface area contributed by atoms with Gasteiger partial charge in [-0.05, 0) is 48.3 Å². The average Bonchev–Trinajstić information content (AvgIpc) is 2.56. The van der Waals surface area contributed by atoms with Crippen molar-refractivity contribution in [1.82, 2.24) is 0 Å². The molecule has 2 saturated carbocycles. The van der Waals surface area contributed by atoms with E-state index in [0.29, 0.717) is 5.41 Å². The summed E-state index contributed by atoms with van der Waals surface area (Å²) in [5.41, 5.74) is 0.697. The summed E-state index contributed by atoms with van der Waals surface area (Å²) in [7, 11) is 0. The minimum atomic E-state index is 0.697. The zero-order valence-corrected chi connectivity index (χ0v) is 12.6. The molecule has 0 nitrogen and oxygen atoms in total. The summed E-state index contributed by atoms with van der Waals surface area (Å²) in [5, 5.41) is 0. The predicted octanol–water partition coefficient (Wildman–Crippen LogP) is 4.91. The lowest BCUT2D eigenvalue weighted by Crippen LogP contribution is -2.38. The molecule has 2 aliphatic rings. The maximum Gasteiger partial charge on any atom is 0.00239 e. The summed E-state index contributed by atoms with van der Waals surface area (Å²) >= 11 is 2.58. The molecule has 2 rings (SSSR count). The van der Waals surface area contributed by atoms with Crippen LogP contribution in [0.5, 0.6) is 0 Å². The lowest BCUT2D eigenvalue weighted by molar-refractivity contribution is 0.0418. The smallest absolute Gasteiger partial charge is 0.00239 e. The molecule has 15 heavy (non-hydrogen) atoms. The summed E-state index contributed by atoms with van der Waals surface area (Å²) < 4.78 is 1.35. The molecule has 88 valence electrons. The Morgan fingerprint density at radius 2 is 2.07 bits per heavy atom. The van der Waals surface area contributed by atoms with E-state index in [4.69, 9.17) is 0 Å². The Morgan fingerprint density at radius 1 is 1.33 bits per heavy atom. The van der Waals surface area contributed by atoms with Crippen molar-refractivity contribution in [3.05, 3.63) is 0 Å². The second-order valence-corrected chi connectivity index (χ2v) is 7.18. The first-order valence-electron chi connectivity index (χ1n) is 6.65. The van der Waals surface area contributed by atoms with Gasteiger partial charge in [-0.2, -0.15) is 0 Å². The Hall–Kier alpha value is 0.730. The van der Waals surface area contributed by atoms with Crippen molar-refractivity contribution in [2.24, 2.45) is 29.1 Å². The van der Waals surface area contributed by atoms with Crippen molar-refractivity contribution in [3.8, 4) is 0 Å². The molecule has 2 aliphatic carbocycles. The van der Waals surface area contributed by atoms with Crippen molar-refractivity contribution in [1.29, 1.82) is 0 Å². The zero-order chi connectivity index (χ0) is 11.1. The van der Waals surface area contributed by atoms with Gasteiger partial charge in [0.1, 0.15) is 0 Å². The quantitative estimate of drug-likeness (QED) is 0.501. The molecule has 0 amide bonds. The lowest BCUT2D eigenvalue weighted by atomic mass is 9.60. The Morgan fingerprint density at radius 3 is 2.73 bits per heavy atom. The molecule has 0 spiro atoms. The zero-order valence-electron chi connectivity index (χ0n) is 10.4. The topological polar surface area (TPSA) is 0 Å². The van der Waals surface area contributed by atoms with Gasteiger partial charge in [0.05, 0.1) is 0 Å². The predicted molar refractivity (Wildman–Crippen MR) is 75.4 cm³/mol. The van der Waals surface area contributed by atoms with Crippen molar-refractivity contribution in [2.45, 2.75) is 52.9 Å². The van der Waals surface area contributed by atoms with E-state index < -0.39 is 0 Å². The highest BCUT2D eigenvalue weighted by Gasteiger charge is 2.50. The second-order valence-electron chi connectivity index (χ2n) is 6.30. The molecular formula is C14H25I. The van der Waals surface area contributed by atoms with Crippen LogP contribution in [-0.2, 0) is 0 Å². The van der Waals surface area contributed by atoms with E-state index >= 15 is 0 Å². The van der Waals surface area contributed by atoms with Gasteiger partial charge in [-0.25, -0.2) is 0 Å². The lowest BCUT2D eigenvalue weighted by Gasteiger charge is -2.45. The van der Waals surface area contributed by atoms with E-state index in [1.807, 2.05) is 0 Å². The van der Waals surface area contributed by atoms with Crippen LogP contribution in [0, 0.1) is 29.1 Å². The van der Waals surface area contributed by atoms with Crippen LogP contribution in [0.4, 0.5) is 0 Å². The van der Waals surface area contributed by atoms with Gasteiger partial charge in [0.2, 0.25) is 0 Å². The molecule has 0 aromatic heterocycles. The normalized spacial score (nSPS) is 47.6. The van der Waals surface area contributed by atoms with E-state index in [1.54, 1.807) is 0 Å². The highest BCUT2D eigenvalue weighted by molar-refractivity contribution is 14.1. The number of halogens is 1. The Balaban J connectivity index is 2.17. The summed E-state index contributed by atoms with van der Waals surface area (Å²) in [5.74, 6) is 3.99. The number of hydrogen-bond donors (Lipinski definition) is 0. The maximum atomic E-state index is 2.60. The summed E-state index contributed by atoms with van der Waals surface area (Å²) in [4.78, 5) is 0. The van der Waals surface area contributed by atoms with E-state index in [1.165, 1.54) is 36.5 Å². The van der Waals surface area contributed by atoms with Crippen molar-refractivity contribution < 1.29 is 0 Å². The van der Waals surface area contributed by atoms with Crippen molar-refractivity contribution in [3.63, 3.8) is 0 Å². The van der Waals surface area contributed by atoms with E-state index in [0.717, 1.165) is 23.7 Å². The first kappa shape index (κ1) is 12.2. The molecule has 0 saturated heterocycles. The molecule has 0 aromatic carbocycles. The highest BCUT2D eigenvalue weighted by Crippen LogP contribution is 2.59. The van der Waals surface area contributed by atoms with Crippen LogP contribution < -0.4 is 0 Å². The van der Waals surface area contributed by atoms with Gasteiger partial charge in [0, 0.05) is 4.43 Å². The molecule has 0 aliphatic heterocycles. The molecule has 0 aromatic rings. The number of fused-ring (bicyclic) bond motifs is 1. The van der Waals surface area contributed by atoms with Crippen molar-refractivity contribution in [2.75, 3.05) is 4.43 Å². The van der Waals surface area contributed by atoms with Crippen LogP contribution in [0.1, 0.15) is 52.9 Å². The van der Waals surface area contributed by atoms with E-state index in [2.05, 4.69) is 43.4 Å². The number of hydrogen-bond acceptors (Lipinski definition) is 0. The Kier molecular flexibility index (Phi) is 3.69. The van der Waals surface area contributed by atoms with E-state index in [-0.39, 0.29) is 0 Å². The first-order valence-corrected chi connectivity index (χ1v) is 8.18. The molecule has 2 fully saturated rings. The van der Waals surface area contributed by atoms with E-state index in [9.17, 15) is 0 Å². The van der Waals surface area contributed by atoms with Gasteiger partial charge in [-0.1, -0.05) is 56.2 Å². The van der Waals surface area contributed by atoms with Crippen LogP contribution >= 0.6 is 22.6 Å². The van der Waals surface area contributed by atoms with Gasteiger partial charge in [-0.15, -0.1) is 0 Å². The fourth-order valence-corrected chi connectivity index (χ4v) is 5.26. The van der Waals surface area contributed by atoms with Crippen molar-refractivity contribution >= 4 is 22.6 Å². The third-order valence-corrected chi connectivity index (χ3v) is 6.86. The molecule has 0 bridgehead atoms. The van der Waals surface area contributed by atoms with Crippen LogP contribution in [0.15, 0.2) is 0 Å². The molecule has 0 heterocycles. The van der Waals surface area contributed by atoms with Gasteiger partial charge < -0.3 is 0 Å². The third kappa shape index (κ3) is 1.98. The first-order chi connectivity index (χ1) is 7.09. The molecular weight excluding hydrogens is 295 g/mol. The maximum absolute atomic E-state index is 2.60. The standard InChI is InChI=1S/C14H25I/c1-10-5-4-8-14(3)12(10)6-7-13(14)11(2)9-15/h10-13H,4-9H2,1-3H3/t10-,11+,12-,13+,14-/m0/s1. The minimum Gasteiger partial charge on any atom is -0.0861 e. The Labute approximate surface area is 109 Å². The minimum absolute atomic E-state index is 0.697. The number of alkyl halides is 1. The fourth-order valence-electron chi connectivity index (χ4n) is 4.65. The Bertz CT molecular complexity index is 225. The molecule has 5 atom stereocenters. The third-order valence-electron chi connectivity index (χ3n) is 5.47. The van der Waals surface area contributed by atoms with Crippen LogP contribution in [0.25, 0.3) is 0 Å². The molecule has 0 N–H and O–H groups in total. The largest absolute Gasteiger partial charge is 0.0861 e. The number of rotatable bonds is 2. The monoisotopic (exact) mass is 320 g/mol. The van der Waals surface area contributed by atoms with Crippen LogP contribution in [0.2, 0.25) is 0 Å². The average molecular weight is 320 g/mol. The summed E-state index contributed by atoms with van der Waals surface area (Å²) in [6.07, 6.45) is 7.51. The highest BCUT2D eigenvalue weighted by atomic mass is 127. The molecule has 0 unspecified atom stereocenters. The fraction of sp³-hybridized carbons (Fsp3) is 1.00. The summed E-state index contributed by atoms with van der Waals surface area (Å²) in [6, 6.07) is 0. The van der Waals surface area contributed by atoms with Crippen LogP contribution in [-0.4, -0.2) is 4.43 Å². The van der Waals surface area contributed by atoms with Gasteiger partial charge >= 0.3 is 0 Å². The molecule has 0 radical (unpaired) electrons. The molecule has 1 heteroatoms. The van der Waals surface area contributed by atoms with Crippen LogP contribution in [0.3, 0.4) is 0 Å². The van der Waals surface area contributed by atoms with Gasteiger partial charge in [0.25, 0.3) is 0 Å². The van der Waals surface area contributed by atoms with Gasteiger partial charge in [-0.3, -0.25) is 0 Å². The summed E-state index contributed by atoms with van der Waals surface area (Å²) in [6.45, 7) is 7.58. The second kappa shape index (κ2) is 4.54. The SMILES string of the molecule is C[C@H](CI)[C@H]1CC[C@H]2[C@@H](C)CCC[C@]12C.